The van der Waals surface area contributed by atoms with Crippen molar-refractivity contribution in [1.82, 2.24) is 10.3 Å². The molecule has 1 aliphatic rings. The Morgan fingerprint density at radius 3 is 2.62 bits per heavy atom. The van der Waals surface area contributed by atoms with Crippen molar-refractivity contribution in [3.05, 3.63) is 18.3 Å². The van der Waals surface area contributed by atoms with E-state index in [1.54, 1.807) is 19.4 Å². The second-order valence-electron chi connectivity index (χ2n) is 3.29. The largest absolute Gasteiger partial charge is 0.490 e. The van der Waals surface area contributed by atoms with Gasteiger partial charge in [0.15, 0.2) is 0 Å². The summed E-state index contributed by atoms with van der Waals surface area (Å²) in [5.41, 5.74) is 0. The molecule has 0 bridgehead atoms. The molecule has 1 aliphatic heterocycles. The minimum Gasteiger partial charge on any atom is -0.490 e. The number of pyridine rings is 1. The molecule has 2 rings (SSSR count). The number of nitrogens with zero attached hydrogens (tertiary/aromatic N) is 1. The van der Waals surface area contributed by atoms with Crippen LogP contribution in [0.5, 0.6) is 11.6 Å². The van der Waals surface area contributed by atoms with Crippen LogP contribution in [0, 0.1) is 0 Å². The lowest BCUT2D eigenvalue weighted by molar-refractivity contribution is 0.216. The summed E-state index contributed by atoms with van der Waals surface area (Å²) in [6.45, 7) is 1.82. The van der Waals surface area contributed by atoms with E-state index in [4.69, 9.17) is 9.47 Å². The summed E-state index contributed by atoms with van der Waals surface area (Å²) in [4.78, 5) is 4.05. The van der Waals surface area contributed by atoms with Gasteiger partial charge in [-0.2, -0.15) is 0 Å². The Balaban J connectivity index is 0.00000112. The highest BCUT2D eigenvalue weighted by Gasteiger charge is 2.16. The van der Waals surface area contributed by atoms with E-state index in [1.165, 1.54) is 6.42 Å². The number of aromatic nitrogens is 1. The second-order valence-corrected chi connectivity index (χ2v) is 3.29. The first-order valence-electron chi connectivity index (χ1n) is 4.75. The summed E-state index contributed by atoms with van der Waals surface area (Å²) in [6, 6.07) is 4.17. The summed E-state index contributed by atoms with van der Waals surface area (Å²) in [7, 11) is 1.60. The molecule has 2 heterocycles. The van der Waals surface area contributed by atoms with Gasteiger partial charge in [0, 0.05) is 12.1 Å². The standard InChI is InChI=1S/C10H14N2O2.2ClH/c1-13-10-3-2-9(6-12-10)14-7-8-4-5-11-8;;/h2-3,6,8,11H,4-5,7H2,1H3;2*1H/t8-;;/m0../s1. The normalized spacial score (nSPS) is 17.4. The maximum Gasteiger partial charge on any atom is 0.213 e. The van der Waals surface area contributed by atoms with Gasteiger partial charge in [-0.25, -0.2) is 4.98 Å². The van der Waals surface area contributed by atoms with Crippen molar-refractivity contribution < 1.29 is 9.47 Å². The van der Waals surface area contributed by atoms with Crippen molar-refractivity contribution >= 4 is 24.8 Å². The lowest BCUT2D eigenvalue weighted by Gasteiger charge is -2.27. The van der Waals surface area contributed by atoms with Crippen LogP contribution in [0.3, 0.4) is 0 Å². The summed E-state index contributed by atoms with van der Waals surface area (Å²) >= 11 is 0. The first-order valence-corrected chi connectivity index (χ1v) is 4.75. The fourth-order valence-corrected chi connectivity index (χ4v) is 1.26. The Bertz CT molecular complexity index is 291. The van der Waals surface area contributed by atoms with Crippen molar-refractivity contribution in [3.8, 4) is 11.6 Å². The van der Waals surface area contributed by atoms with Crippen LogP contribution in [-0.4, -0.2) is 31.3 Å². The van der Waals surface area contributed by atoms with Gasteiger partial charge in [0.2, 0.25) is 5.88 Å². The molecule has 92 valence electrons. The highest BCUT2D eigenvalue weighted by molar-refractivity contribution is 5.85. The SMILES string of the molecule is COc1ccc(OC[C@@H]2CCN2)cn1.Cl.Cl. The van der Waals surface area contributed by atoms with E-state index in [2.05, 4.69) is 10.3 Å². The molecule has 1 saturated heterocycles. The van der Waals surface area contributed by atoms with Crippen molar-refractivity contribution in [2.45, 2.75) is 12.5 Å². The van der Waals surface area contributed by atoms with Crippen LogP contribution in [0.4, 0.5) is 0 Å². The maximum atomic E-state index is 5.53. The zero-order valence-electron chi connectivity index (χ0n) is 9.01. The zero-order valence-corrected chi connectivity index (χ0v) is 10.6. The Morgan fingerprint density at radius 2 is 2.19 bits per heavy atom. The van der Waals surface area contributed by atoms with E-state index in [-0.39, 0.29) is 24.8 Å². The molecule has 0 radical (unpaired) electrons. The van der Waals surface area contributed by atoms with Crippen LogP contribution in [0.25, 0.3) is 0 Å². The van der Waals surface area contributed by atoms with Gasteiger partial charge in [-0.05, 0) is 19.0 Å². The zero-order chi connectivity index (χ0) is 9.80. The van der Waals surface area contributed by atoms with Crippen molar-refractivity contribution in [2.75, 3.05) is 20.3 Å². The lowest BCUT2D eigenvalue weighted by Crippen LogP contribution is -2.46. The second kappa shape index (κ2) is 7.54. The highest BCUT2D eigenvalue weighted by Crippen LogP contribution is 2.14. The fraction of sp³-hybridized carbons (Fsp3) is 0.500. The van der Waals surface area contributed by atoms with E-state index in [0.29, 0.717) is 18.5 Å². The number of ether oxygens (including phenoxy) is 2. The average molecular weight is 267 g/mol. The van der Waals surface area contributed by atoms with Gasteiger partial charge in [0.1, 0.15) is 12.4 Å². The van der Waals surface area contributed by atoms with Crippen LogP contribution in [-0.2, 0) is 0 Å². The molecular formula is C10H16Cl2N2O2. The van der Waals surface area contributed by atoms with Gasteiger partial charge < -0.3 is 14.8 Å². The first-order chi connectivity index (χ1) is 6.88. The average Bonchev–Trinajstić information content (AvgIpc) is 2.16. The molecule has 0 aliphatic carbocycles. The smallest absolute Gasteiger partial charge is 0.213 e. The number of nitrogens with one attached hydrogen (secondary N) is 1. The summed E-state index contributed by atoms with van der Waals surface area (Å²) in [5.74, 6) is 1.40. The van der Waals surface area contributed by atoms with Gasteiger partial charge >= 0.3 is 0 Å². The molecule has 1 atom stereocenters. The van der Waals surface area contributed by atoms with E-state index in [0.717, 1.165) is 12.3 Å². The topological polar surface area (TPSA) is 43.4 Å². The quantitative estimate of drug-likeness (QED) is 0.901. The minimum absolute atomic E-state index is 0. The van der Waals surface area contributed by atoms with Crippen LogP contribution < -0.4 is 14.8 Å². The van der Waals surface area contributed by atoms with Crippen LogP contribution in [0.2, 0.25) is 0 Å². The third-order valence-corrected chi connectivity index (χ3v) is 2.30. The molecule has 0 amide bonds. The van der Waals surface area contributed by atoms with Crippen molar-refractivity contribution in [2.24, 2.45) is 0 Å². The third kappa shape index (κ3) is 4.04. The maximum absolute atomic E-state index is 5.53. The predicted octanol–water partition coefficient (Wildman–Crippen LogP) is 1.67. The van der Waals surface area contributed by atoms with Crippen LogP contribution in [0.1, 0.15) is 6.42 Å². The number of hydrogen-bond donors (Lipinski definition) is 1. The lowest BCUT2D eigenvalue weighted by atomic mass is 10.1. The molecule has 1 aromatic rings. The number of hydrogen-bond acceptors (Lipinski definition) is 4. The predicted molar refractivity (Wildman–Crippen MR) is 67.2 cm³/mol. The molecule has 0 spiro atoms. The van der Waals surface area contributed by atoms with Gasteiger partial charge in [0.05, 0.1) is 13.3 Å². The van der Waals surface area contributed by atoms with Crippen molar-refractivity contribution in [1.29, 1.82) is 0 Å². The molecule has 1 aromatic heterocycles. The van der Waals surface area contributed by atoms with Crippen LogP contribution >= 0.6 is 24.8 Å². The van der Waals surface area contributed by atoms with E-state index < -0.39 is 0 Å². The molecular weight excluding hydrogens is 251 g/mol. The molecule has 1 N–H and O–H groups in total. The summed E-state index contributed by atoms with van der Waals surface area (Å²) in [6.07, 6.45) is 2.88. The van der Waals surface area contributed by atoms with Crippen molar-refractivity contribution in [3.63, 3.8) is 0 Å². The molecule has 0 saturated carbocycles. The molecule has 6 heteroatoms. The molecule has 1 fully saturated rings. The third-order valence-electron chi connectivity index (χ3n) is 2.30. The number of halogens is 2. The van der Waals surface area contributed by atoms with Gasteiger partial charge in [-0.15, -0.1) is 24.8 Å². The first kappa shape index (κ1) is 15.3. The van der Waals surface area contributed by atoms with Gasteiger partial charge in [-0.1, -0.05) is 0 Å². The molecule has 16 heavy (non-hydrogen) atoms. The number of rotatable bonds is 4. The Morgan fingerprint density at radius 1 is 1.44 bits per heavy atom. The van der Waals surface area contributed by atoms with E-state index in [9.17, 15) is 0 Å². The Kier molecular flexibility index (Phi) is 7.21. The Labute approximate surface area is 108 Å². The summed E-state index contributed by atoms with van der Waals surface area (Å²) in [5, 5.41) is 3.27. The van der Waals surface area contributed by atoms with Gasteiger partial charge in [0.25, 0.3) is 0 Å². The summed E-state index contributed by atoms with van der Waals surface area (Å²) < 4.78 is 10.5. The van der Waals surface area contributed by atoms with Gasteiger partial charge in [-0.3, -0.25) is 0 Å². The van der Waals surface area contributed by atoms with E-state index in [1.807, 2.05) is 6.07 Å². The molecule has 0 aromatic carbocycles. The highest BCUT2D eigenvalue weighted by atomic mass is 35.5. The monoisotopic (exact) mass is 266 g/mol. The number of methoxy groups -OCH3 is 1. The molecule has 4 nitrogen and oxygen atoms in total. The fourth-order valence-electron chi connectivity index (χ4n) is 1.26. The minimum atomic E-state index is 0. The molecule has 0 unspecified atom stereocenters. The van der Waals surface area contributed by atoms with Crippen LogP contribution in [0.15, 0.2) is 18.3 Å². The van der Waals surface area contributed by atoms with E-state index >= 15 is 0 Å². The Hall–Kier alpha value is -0.710.